The van der Waals surface area contributed by atoms with Crippen LogP contribution in [-0.4, -0.2) is 36.9 Å². The number of benzene rings is 1. The summed E-state index contributed by atoms with van der Waals surface area (Å²) in [7, 11) is -3.93. The predicted molar refractivity (Wildman–Crippen MR) is 75.1 cm³/mol. The van der Waals surface area contributed by atoms with Gasteiger partial charge < -0.3 is 5.11 Å². The molecule has 1 aliphatic carbocycles. The van der Waals surface area contributed by atoms with Crippen molar-refractivity contribution in [1.82, 2.24) is 4.31 Å². The van der Waals surface area contributed by atoms with Crippen molar-refractivity contribution in [1.29, 1.82) is 0 Å². The molecule has 0 heterocycles. The van der Waals surface area contributed by atoms with Crippen LogP contribution in [0.3, 0.4) is 0 Å². The first-order valence-corrected chi connectivity index (χ1v) is 8.33. The lowest BCUT2D eigenvalue weighted by Crippen LogP contribution is -2.37. The Kier molecular flexibility index (Phi) is 4.63. The molecule has 0 radical (unpaired) electrons. The standard InChI is InChI=1S/C14H18FNO4S/c1-2-16(9-10-4-3-5-10)21(19,20)13-7-6-11(14(17)18)8-12(13)15/h6-8,10H,2-5,9H2,1H3,(H,17,18). The Morgan fingerprint density at radius 1 is 1.43 bits per heavy atom. The molecule has 0 unspecified atom stereocenters. The van der Waals surface area contributed by atoms with Crippen LogP contribution >= 0.6 is 0 Å². The second kappa shape index (κ2) is 6.11. The van der Waals surface area contributed by atoms with Gasteiger partial charge in [-0.1, -0.05) is 13.3 Å². The Hall–Kier alpha value is -1.47. The minimum atomic E-state index is -3.93. The van der Waals surface area contributed by atoms with E-state index in [0.717, 1.165) is 37.5 Å². The smallest absolute Gasteiger partial charge is 0.335 e. The Morgan fingerprint density at radius 2 is 2.10 bits per heavy atom. The summed E-state index contributed by atoms with van der Waals surface area (Å²) in [5.41, 5.74) is -0.270. The van der Waals surface area contributed by atoms with E-state index in [1.54, 1.807) is 6.92 Å². The van der Waals surface area contributed by atoms with E-state index in [4.69, 9.17) is 5.11 Å². The number of carboxylic acids is 1. The largest absolute Gasteiger partial charge is 0.478 e. The van der Waals surface area contributed by atoms with Gasteiger partial charge in [0.25, 0.3) is 0 Å². The molecule has 1 fully saturated rings. The Morgan fingerprint density at radius 3 is 2.52 bits per heavy atom. The molecular formula is C14H18FNO4S. The van der Waals surface area contributed by atoms with Gasteiger partial charge in [-0.3, -0.25) is 0 Å². The number of aromatic carboxylic acids is 1. The van der Waals surface area contributed by atoms with Gasteiger partial charge in [-0.25, -0.2) is 17.6 Å². The Balaban J connectivity index is 2.30. The zero-order valence-electron chi connectivity index (χ0n) is 11.8. The second-order valence-electron chi connectivity index (χ2n) is 5.20. The SMILES string of the molecule is CCN(CC1CCC1)S(=O)(=O)c1ccc(C(=O)O)cc1F. The fourth-order valence-electron chi connectivity index (χ4n) is 2.34. The third-order valence-electron chi connectivity index (χ3n) is 3.84. The summed E-state index contributed by atoms with van der Waals surface area (Å²) in [6.45, 7) is 2.36. The first-order valence-electron chi connectivity index (χ1n) is 6.89. The van der Waals surface area contributed by atoms with E-state index in [0.29, 0.717) is 12.5 Å². The van der Waals surface area contributed by atoms with Crippen molar-refractivity contribution in [3.63, 3.8) is 0 Å². The van der Waals surface area contributed by atoms with Gasteiger partial charge in [0, 0.05) is 13.1 Å². The highest BCUT2D eigenvalue weighted by Gasteiger charge is 2.30. The summed E-state index contributed by atoms with van der Waals surface area (Å²) in [5.74, 6) is -1.98. The van der Waals surface area contributed by atoms with Gasteiger partial charge in [-0.05, 0) is 37.0 Å². The zero-order chi connectivity index (χ0) is 15.6. The lowest BCUT2D eigenvalue weighted by atomic mass is 9.85. The van der Waals surface area contributed by atoms with E-state index in [-0.39, 0.29) is 12.1 Å². The Labute approximate surface area is 123 Å². The Bertz CT molecular complexity index is 640. The molecular weight excluding hydrogens is 297 g/mol. The zero-order valence-corrected chi connectivity index (χ0v) is 12.6. The molecule has 1 saturated carbocycles. The van der Waals surface area contributed by atoms with Gasteiger partial charge in [0.2, 0.25) is 10.0 Å². The van der Waals surface area contributed by atoms with Crippen LogP contribution in [0.1, 0.15) is 36.5 Å². The van der Waals surface area contributed by atoms with Crippen molar-refractivity contribution in [3.8, 4) is 0 Å². The van der Waals surface area contributed by atoms with Gasteiger partial charge in [0.15, 0.2) is 0 Å². The molecule has 1 aromatic carbocycles. The highest BCUT2D eigenvalue weighted by atomic mass is 32.2. The second-order valence-corrected chi connectivity index (χ2v) is 7.11. The average molecular weight is 315 g/mol. The van der Waals surface area contributed by atoms with E-state index < -0.39 is 26.7 Å². The number of nitrogens with zero attached hydrogens (tertiary/aromatic N) is 1. The molecule has 0 aromatic heterocycles. The normalized spacial score (nSPS) is 16.0. The van der Waals surface area contributed by atoms with Crippen LogP contribution in [-0.2, 0) is 10.0 Å². The molecule has 7 heteroatoms. The van der Waals surface area contributed by atoms with Gasteiger partial charge in [-0.2, -0.15) is 4.31 Å². The average Bonchev–Trinajstić information content (AvgIpc) is 2.36. The van der Waals surface area contributed by atoms with Gasteiger partial charge >= 0.3 is 5.97 Å². The molecule has 0 spiro atoms. The maximum atomic E-state index is 14.0. The van der Waals surface area contributed by atoms with Crippen LogP contribution in [0, 0.1) is 11.7 Å². The van der Waals surface area contributed by atoms with Crippen LogP contribution in [0.25, 0.3) is 0 Å². The molecule has 5 nitrogen and oxygen atoms in total. The molecule has 116 valence electrons. The fourth-order valence-corrected chi connectivity index (χ4v) is 3.91. The predicted octanol–water partition coefficient (Wildman–Crippen LogP) is 2.33. The number of rotatable bonds is 6. The van der Waals surface area contributed by atoms with Crippen molar-refractivity contribution < 1.29 is 22.7 Å². The monoisotopic (exact) mass is 315 g/mol. The van der Waals surface area contributed by atoms with Gasteiger partial charge in [-0.15, -0.1) is 0 Å². The van der Waals surface area contributed by atoms with E-state index in [9.17, 15) is 17.6 Å². The molecule has 0 amide bonds. The fraction of sp³-hybridized carbons (Fsp3) is 0.500. The third kappa shape index (κ3) is 3.24. The van der Waals surface area contributed by atoms with Crippen molar-refractivity contribution in [2.45, 2.75) is 31.1 Å². The number of halogens is 1. The quantitative estimate of drug-likeness (QED) is 0.874. The molecule has 1 aliphatic rings. The van der Waals surface area contributed by atoms with Crippen LogP contribution in [0.2, 0.25) is 0 Å². The molecule has 0 bridgehead atoms. The van der Waals surface area contributed by atoms with E-state index in [2.05, 4.69) is 0 Å². The summed E-state index contributed by atoms with van der Waals surface area (Å²) in [6.07, 6.45) is 3.09. The molecule has 1 aromatic rings. The number of carbonyl (C=O) groups is 1. The summed E-state index contributed by atoms with van der Waals surface area (Å²) in [4.78, 5) is 10.3. The summed E-state index contributed by atoms with van der Waals surface area (Å²) in [5, 5.41) is 8.79. The van der Waals surface area contributed by atoms with Crippen LogP contribution < -0.4 is 0 Å². The number of carboxylic acid groups (broad SMARTS) is 1. The van der Waals surface area contributed by atoms with Crippen LogP contribution in [0.5, 0.6) is 0 Å². The molecule has 0 atom stereocenters. The molecule has 0 saturated heterocycles. The highest BCUT2D eigenvalue weighted by molar-refractivity contribution is 7.89. The van der Waals surface area contributed by atoms with Gasteiger partial charge in [0.1, 0.15) is 10.7 Å². The van der Waals surface area contributed by atoms with Crippen molar-refractivity contribution in [2.75, 3.05) is 13.1 Å². The molecule has 21 heavy (non-hydrogen) atoms. The third-order valence-corrected chi connectivity index (χ3v) is 5.81. The first-order chi connectivity index (χ1) is 9.86. The highest BCUT2D eigenvalue weighted by Crippen LogP contribution is 2.29. The molecule has 0 aliphatic heterocycles. The van der Waals surface area contributed by atoms with E-state index in [1.807, 2.05) is 0 Å². The maximum Gasteiger partial charge on any atom is 0.335 e. The number of hydrogen-bond donors (Lipinski definition) is 1. The number of sulfonamides is 1. The van der Waals surface area contributed by atoms with Crippen LogP contribution in [0.4, 0.5) is 4.39 Å². The van der Waals surface area contributed by atoms with Gasteiger partial charge in [0.05, 0.1) is 5.56 Å². The molecule has 1 N–H and O–H groups in total. The minimum Gasteiger partial charge on any atom is -0.478 e. The summed E-state index contributed by atoms with van der Waals surface area (Å²) < 4.78 is 40.2. The maximum absolute atomic E-state index is 14.0. The molecule has 2 rings (SSSR count). The minimum absolute atomic E-state index is 0.263. The van der Waals surface area contributed by atoms with E-state index in [1.165, 1.54) is 4.31 Å². The lowest BCUT2D eigenvalue weighted by molar-refractivity contribution is 0.0696. The van der Waals surface area contributed by atoms with E-state index >= 15 is 0 Å². The summed E-state index contributed by atoms with van der Waals surface area (Å²) >= 11 is 0. The van der Waals surface area contributed by atoms with Crippen molar-refractivity contribution >= 4 is 16.0 Å². The number of hydrogen-bond acceptors (Lipinski definition) is 3. The van der Waals surface area contributed by atoms with Crippen LogP contribution in [0.15, 0.2) is 23.1 Å². The van der Waals surface area contributed by atoms with Crippen molar-refractivity contribution in [2.24, 2.45) is 5.92 Å². The first kappa shape index (κ1) is 15.9. The lowest BCUT2D eigenvalue weighted by Gasteiger charge is -2.31. The topological polar surface area (TPSA) is 74.7 Å². The van der Waals surface area contributed by atoms with Crippen molar-refractivity contribution in [3.05, 3.63) is 29.6 Å². The summed E-state index contributed by atoms with van der Waals surface area (Å²) in [6, 6.07) is 2.87.